The summed E-state index contributed by atoms with van der Waals surface area (Å²) in [6, 6.07) is 22.2. The van der Waals surface area contributed by atoms with Crippen molar-refractivity contribution in [3.63, 3.8) is 0 Å². The van der Waals surface area contributed by atoms with E-state index in [1.807, 2.05) is 82.3 Å². The molecular weight excluding hydrogens is 568 g/mol. The normalized spacial score (nSPS) is 9.79. The predicted octanol–water partition coefficient (Wildman–Crippen LogP) is 8.76. The van der Waals surface area contributed by atoms with Crippen LogP contribution in [-0.4, -0.2) is 15.1 Å². The van der Waals surface area contributed by atoms with Crippen LogP contribution in [-0.2, 0) is 0 Å². The van der Waals surface area contributed by atoms with Gasteiger partial charge in [-0.2, -0.15) is 0 Å². The molecule has 33 heavy (non-hydrogen) atoms. The van der Waals surface area contributed by atoms with E-state index < -0.39 is 0 Å². The average molecular weight is 593 g/mol. The molecule has 4 nitrogen and oxygen atoms in total. The zero-order valence-electron chi connectivity index (χ0n) is 18.8. The van der Waals surface area contributed by atoms with Crippen molar-refractivity contribution >= 4 is 43.5 Å². The number of ether oxygens (including phenoxy) is 1. The van der Waals surface area contributed by atoms with E-state index in [0.29, 0.717) is 5.75 Å². The van der Waals surface area contributed by atoms with Gasteiger partial charge < -0.3 is 9.84 Å². The minimum atomic E-state index is 0.291. The van der Waals surface area contributed by atoms with Crippen LogP contribution in [0.3, 0.4) is 0 Å². The molecule has 0 atom stereocenters. The van der Waals surface area contributed by atoms with Crippen molar-refractivity contribution in [2.75, 3.05) is 0 Å². The van der Waals surface area contributed by atoms with Gasteiger partial charge in [0.05, 0.1) is 0 Å². The topological polar surface area (TPSA) is 55.2 Å². The molecule has 172 valence electrons. The molecule has 0 fully saturated rings. The molecule has 4 rings (SSSR count). The highest BCUT2D eigenvalue weighted by Crippen LogP contribution is 2.25. The molecule has 0 aliphatic carbocycles. The van der Waals surface area contributed by atoms with Crippen LogP contribution in [0.5, 0.6) is 17.2 Å². The Morgan fingerprint density at radius 1 is 0.667 bits per heavy atom. The van der Waals surface area contributed by atoms with Crippen LogP contribution >= 0.6 is 43.5 Å². The molecule has 0 saturated carbocycles. The number of halogens is 3. The molecule has 0 aliphatic heterocycles. The number of phenolic OH excluding ortho intramolecular Hbond substituents is 1. The number of hydrogen-bond donors (Lipinski definition) is 1. The Hall–Kier alpha value is -2.41. The van der Waals surface area contributed by atoms with E-state index in [9.17, 15) is 0 Å². The molecule has 0 saturated heterocycles. The molecule has 0 bridgehead atoms. The van der Waals surface area contributed by atoms with E-state index in [1.165, 1.54) is 0 Å². The third-order valence-electron chi connectivity index (χ3n) is 3.94. The summed E-state index contributed by atoms with van der Waals surface area (Å²) < 4.78 is 7.66. The van der Waals surface area contributed by atoms with Crippen LogP contribution in [0.1, 0.15) is 22.8 Å². The first-order valence-corrected chi connectivity index (χ1v) is 12.0. The van der Waals surface area contributed by atoms with E-state index in [-0.39, 0.29) is 0 Å². The number of aromatic nitrogens is 2. The number of hydrogen-bond acceptors (Lipinski definition) is 4. The molecule has 2 heterocycles. The first-order valence-electron chi connectivity index (χ1n) is 10.0. The molecule has 4 aromatic rings. The Labute approximate surface area is 216 Å². The largest absolute Gasteiger partial charge is 0.508 e. The number of nitrogens with zero attached hydrogens (tertiary/aromatic N) is 2. The summed E-state index contributed by atoms with van der Waals surface area (Å²) in [5, 5.41) is 9.55. The van der Waals surface area contributed by atoms with Crippen molar-refractivity contribution in [2.24, 2.45) is 0 Å². The Morgan fingerprint density at radius 2 is 1.15 bits per heavy atom. The van der Waals surface area contributed by atoms with Crippen molar-refractivity contribution in [3.05, 3.63) is 110 Å². The Balaban J connectivity index is 0.000000192. The Bertz CT molecular complexity index is 1110. The fraction of sp³-hybridized carbons (Fsp3) is 0.154. The second kappa shape index (κ2) is 13.3. The molecule has 7 heteroatoms. The van der Waals surface area contributed by atoms with Gasteiger partial charge in [0, 0.05) is 48.9 Å². The molecule has 0 unspecified atom stereocenters. The minimum absolute atomic E-state index is 0.291. The van der Waals surface area contributed by atoms with E-state index in [4.69, 9.17) is 21.4 Å². The highest BCUT2D eigenvalue weighted by molar-refractivity contribution is 9.10. The molecule has 1 N–H and O–H groups in total. The summed E-state index contributed by atoms with van der Waals surface area (Å²) in [6.45, 7) is 7.78. The maximum absolute atomic E-state index is 8.78. The second-order valence-electron chi connectivity index (χ2n) is 7.19. The SMILES string of the molecule is Cc1cc(Cl)cc(C)n1.Cc1cc(Oc2cccc(Br)c2)cc(C)n1.Oc1cccc(Br)c1. The van der Waals surface area contributed by atoms with Gasteiger partial charge in [-0.25, -0.2) is 0 Å². The second-order valence-corrected chi connectivity index (χ2v) is 9.46. The van der Waals surface area contributed by atoms with Crippen LogP contribution in [0, 0.1) is 27.7 Å². The van der Waals surface area contributed by atoms with Crippen molar-refractivity contribution < 1.29 is 9.84 Å². The summed E-state index contributed by atoms with van der Waals surface area (Å²) in [6.07, 6.45) is 0. The van der Waals surface area contributed by atoms with Gasteiger partial charge in [-0.3, -0.25) is 9.97 Å². The van der Waals surface area contributed by atoms with Gasteiger partial charge in [-0.15, -0.1) is 0 Å². The Kier molecular flexibility index (Phi) is 10.8. The maximum Gasteiger partial charge on any atom is 0.131 e. The lowest BCUT2D eigenvalue weighted by Crippen LogP contribution is -1.89. The highest BCUT2D eigenvalue weighted by Gasteiger charge is 2.00. The number of benzene rings is 2. The number of pyridine rings is 2. The van der Waals surface area contributed by atoms with Crippen LogP contribution in [0.2, 0.25) is 5.02 Å². The lowest BCUT2D eigenvalue weighted by molar-refractivity contribution is 0.475. The van der Waals surface area contributed by atoms with Gasteiger partial charge in [0.25, 0.3) is 0 Å². The number of rotatable bonds is 2. The van der Waals surface area contributed by atoms with Crippen LogP contribution in [0.4, 0.5) is 0 Å². The van der Waals surface area contributed by atoms with Crippen LogP contribution in [0.15, 0.2) is 81.7 Å². The fourth-order valence-corrected chi connectivity index (χ4v) is 3.86. The average Bonchev–Trinajstić information content (AvgIpc) is 2.67. The van der Waals surface area contributed by atoms with E-state index in [2.05, 4.69) is 41.8 Å². The monoisotopic (exact) mass is 590 g/mol. The van der Waals surface area contributed by atoms with Gasteiger partial charge >= 0.3 is 0 Å². The van der Waals surface area contributed by atoms with E-state index in [0.717, 1.165) is 48.2 Å². The van der Waals surface area contributed by atoms with E-state index in [1.54, 1.807) is 18.2 Å². The van der Waals surface area contributed by atoms with Gasteiger partial charge in [0.2, 0.25) is 0 Å². The number of phenols is 1. The predicted molar refractivity (Wildman–Crippen MR) is 142 cm³/mol. The quantitative estimate of drug-likeness (QED) is 0.253. The summed E-state index contributed by atoms with van der Waals surface area (Å²) in [5.41, 5.74) is 3.87. The minimum Gasteiger partial charge on any atom is -0.508 e. The first-order chi connectivity index (χ1) is 15.6. The van der Waals surface area contributed by atoms with Gasteiger partial charge in [-0.1, -0.05) is 55.6 Å². The third kappa shape index (κ3) is 10.8. The molecule has 2 aromatic heterocycles. The zero-order valence-corrected chi connectivity index (χ0v) is 22.7. The van der Waals surface area contributed by atoms with Crippen molar-refractivity contribution in [3.8, 4) is 17.2 Å². The Morgan fingerprint density at radius 3 is 1.58 bits per heavy atom. The van der Waals surface area contributed by atoms with Gasteiger partial charge in [-0.05, 0) is 76.2 Å². The fourth-order valence-electron chi connectivity index (χ4n) is 2.78. The number of aryl methyl sites for hydroxylation is 4. The number of aromatic hydroxyl groups is 1. The smallest absolute Gasteiger partial charge is 0.131 e. The molecule has 0 spiro atoms. The summed E-state index contributed by atoms with van der Waals surface area (Å²) in [5.74, 6) is 1.93. The lowest BCUT2D eigenvalue weighted by Gasteiger charge is -2.07. The van der Waals surface area contributed by atoms with Crippen LogP contribution in [0.25, 0.3) is 0 Å². The standard InChI is InChI=1S/C13H12BrNO.C7H8ClN.C6H5BrO/c1-9-6-13(7-10(2)15-9)16-12-5-3-4-11(14)8-12;1-5-3-7(8)4-6(2)9-5;7-5-2-1-3-6(8)4-5/h3-8H,1-2H3;3-4H,1-2H3;1-4,8H. The summed E-state index contributed by atoms with van der Waals surface area (Å²) in [7, 11) is 0. The van der Waals surface area contributed by atoms with Gasteiger partial charge in [0.1, 0.15) is 17.2 Å². The molecule has 0 amide bonds. The lowest BCUT2D eigenvalue weighted by atomic mass is 10.3. The molecule has 0 radical (unpaired) electrons. The van der Waals surface area contributed by atoms with Gasteiger partial charge in [0.15, 0.2) is 0 Å². The zero-order chi connectivity index (χ0) is 24.4. The third-order valence-corrected chi connectivity index (χ3v) is 5.15. The summed E-state index contributed by atoms with van der Waals surface area (Å²) in [4.78, 5) is 8.45. The van der Waals surface area contributed by atoms with Crippen molar-refractivity contribution in [1.82, 2.24) is 9.97 Å². The van der Waals surface area contributed by atoms with E-state index >= 15 is 0 Å². The summed E-state index contributed by atoms with van der Waals surface area (Å²) >= 11 is 12.3. The molecular formula is C26H25Br2ClN2O2. The van der Waals surface area contributed by atoms with Crippen molar-refractivity contribution in [2.45, 2.75) is 27.7 Å². The first kappa shape index (κ1) is 26.8. The maximum atomic E-state index is 8.78. The molecule has 0 aliphatic rings. The van der Waals surface area contributed by atoms with Crippen molar-refractivity contribution in [1.29, 1.82) is 0 Å². The van der Waals surface area contributed by atoms with Crippen LogP contribution < -0.4 is 4.74 Å². The highest BCUT2D eigenvalue weighted by atomic mass is 79.9. The molecule has 2 aromatic carbocycles.